The summed E-state index contributed by atoms with van der Waals surface area (Å²) in [4.78, 5) is 19.0. The Morgan fingerprint density at radius 1 is 0.434 bits per heavy atom. The molecule has 0 saturated heterocycles. The second-order valence-corrected chi connectivity index (χ2v) is 12.8. The van der Waals surface area contributed by atoms with Gasteiger partial charge in [0.25, 0.3) is 0 Å². The predicted octanol–water partition coefficient (Wildman–Crippen LogP) is 11.5. The summed E-state index contributed by atoms with van der Waals surface area (Å²) in [6.07, 6.45) is 0. The number of hydrogen-bond donors (Lipinski definition) is 0. The van der Waals surface area contributed by atoms with Crippen molar-refractivity contribution < 1.29 is 0 Å². The van der Waals surface area contributed by atoms with Gasteiger partial charge < -0.3 is 4.57 Å². The minimum atomic E-state index is 0.505. The topological polar surface area (TPSA) is 54.4 Å². The van der Waals surface area contributed by atoms with E-state index in [0.29, 0.717) is 13.1 Å². The number of benzene rings is 7. The van der Waals surface area contributed by atoms with Crippen molar-refractivity contribution in [3.8, 4) is 5.69 Å². The molecular weight excluding hydrogens is 647 g/mol. The monoisotopic (exact) mass is 683 g/mol. The molecule has 0 aliphatic carbocycles. The van der Waals surface area contributed by atoms with Crippen molar-refractivity contribution in [2.45, 2.75) is 13.1 Å². The number of para-hydroxylation sites is 3. The van der Waals surface area contributed by atoms with Crippen LogP contribution >= 0.6 is 0 Å². The zero-order valence-electron chi connectivity index (χ0n) is 29.3. The van der Waals surface area contributed by atoms with Crippen LogP contribution in [0.15, 0.2) is 196 Å². The fraction of sp³-hybridized carbons (Fsp3) is 0.0417. The van der Waals surface area contributed by atoms with Crippen LogP contribution in [-0.2, 0) is 13.1 Å². The molecule has 0 amide bonds. The minimum Gasteiger partial charge on any atom is -0.309 e. The molecule has 1 aromatic heterocycles. The normalized spacial score (nSPS) is 11.9. The molecule has 7 aromatic carbocycles. The fourth-order valence-corrected chi connectivity index (χ4v) is 6.98. The Bertz CT molecular complexity index is 2470. The average molecular weight is 684 g/mol. The maximum atomic E-state index is 5.22. The highest BCUT2D eigenvalue weighted by Crippen LogP contribution is 2.34. The van der Waals surface area contributed by atoms with Gasteiger partial charge in [0.1, 0.15) is 0 Å². The number of aromatic nitrogens is 1. The summed E-state index contributed by atoms with van der Waals surface area (Å²) < 4.78 is 2.36. The Morgan fingerprint density at radius 3 is 1.26 bits per heavy atom. The molecule has 0 N–H and O–H groups in total. The highest BCUT2D eigenvalue weighted by molar-refractivity contribution is 6.16. The van der Waals surface area contributed by atoms with Crippen molar-refractivity contribution in [2.24, 2.45) is 20.0 Å². The van der Waals surface area contributed by atoms with E-state index in [4.69, 9.17) is 9.98 Å². The third-order valence-electron chi connectivity index (χ3n) is 9.50. The first kappa shape index (κ1) is 33.2. The molecule has 0 radical (unpaired) electrons. The van der Waals surface area contributed by atoms with E-state index in [-0.39, 0.29) is 0 Å². The molecule has 8 rings (SSSR count). The smallest absolute Gasteiger partial charge is 0.0744 e. The van der Waals surface area contributed by atoms with Crippen LogP contribution in [0.25, 0.3) is 27.5 Å². The number of aliphatic imine (C=N–C) groups is 4. The standard InChI is InChI=1S/C48H37N5/c1-49-43-24-14-12-22-41(43)47(36-16-6-3-7-17-36)51-32-34-26-28-39-40-29-27-35(31-46(40)53(45(39)30-34)38-20-10-5-11-21-38)33-52-48(37-18-8-4-9-19-37)42-23-13-15-25-44(42)50-2/h3-31H,1-2,32-33H2. The van der Waals surface area contributed by atoms with Crippen molar-refractivity contribution in [1.82, 2.24) is 4.57 Å². The van der Waals surface area contributed by atoms with Crippen molar-refractivity contribution >= 4 is 58.0 Å². The summed E-state index contributed by atoms with van der Waals surface area (Å²) in [5.41, 5.74) is 13.0. The van der Waals surface area contributed by atoms with Gasteiger partial charge in [0.05, 0.1) is 46.9 Å². The zero-order chi connectivity index (χ0) is 36.0. The number of fused-ring (bicyclic) bond motifs is 3. The lowest BCUT2D eigenvalue weighted by atomic mass is 10.0. The van der Waals surface area contributed by atoms with Gasteiger partial charge in [-0.05, 0) is 61.0 Å². The molecule has 0 aliphatic heterocycles. The molecule has 0 saturated carbocycles. The molecule has 0 atom stereocenters. The quantitative estimate of drug-likeness (QED) is 0.122. The highest BCUT2D eigenvalue weighted by Gasteiger charge is 2.16. The Balaban J connectivity index is 1.23. The Hall–Kier alpha value is -6.98. The lowest BCUT2D eigenvalue weighted by Crippen LogP contribution is -2.05. The Labute approximate surface area is 309 Å². The van der Waals surface area contributed by atoms with Crippen molar-refractivity contribution in [2.75, 3.05) is 0 Å². The largest absolute Gasteiger partial charge is 0.309 e. The molecule has 0 bridgehead atoms. The van der Waals surface area contributed by atoms with Gasteiger partial charge in [-0.3, -0.25) is 20.0 Å². The van der Waals surface area contributed by atoms with Crippen LogP contribution in [0, 0.1) is 0 Å². The second kappa shape index (κ2) is 15.1. The first-order valence-electron chi connectivity index (χ1n) is 17.7. The third-order valence-corrected chi connectivity index (χ3v) is 9.50. The fourth-order valence-electron chi connectivity index (χ4n) is 6.98. The van der Waals surface area contributed by atoms with E-state index < -0.39 is 0 Å². The van der Waals surface area contributed by atoms with Gasteiger partial charge in [-0.1, -0.05) is 140 Å². The molecule has 5 heteroatoms. The van der Waals surface area contributed by atoms with Gasteiger partial charge in [0.2, 0.25) is 0 Å². The first-order valence-corrected chi connectivity index (χ1v) is 17.7. The van der Waals surface area contributed by atoms with Crippen LogP contribution in [-0.4, -0.2) is 29.4 Å². The molecule has 0 spiro atoms. The van der Waals surface area contributed by atoms with E-state index in [2.05, 4.69) is 131 Å². The molecular formula is C48H37N5. The summed E-state index contributed by atoms with van der Waals surface area (Å²) in [6.45, 7) is 8.65. The van der Waals surface area contributed by atoms with Gasteiger partial charge >= 0.3 is 0 Å². The summed E-state index contributed by atoms with van der Waals surface area (Å²) >= 11 is 0. The number of nitrogens with zero attached hydrogens (tertiary/aromatic N) is 5. The molecule has 8 aromatic rings. The first-order chi connectivity index (χ1) is 26.2. The Kier molecular flexibility index (Phi) is 9.45. The van der Waals surface area contributed by atoms with Crippen LogP contribution in [0.4, 0.5) is 11.4 Å². The second-order valence-electron chi connectivity index (χ2n) is 12.8. The predicted molar refractivity (Wildman–Crippen MR) is 224 cm³/mol. The molecule has 0 unspecified atom stereocenters. The Morgan fingerprint density at radius 2 is 0.830 bits per heavy atom. The van der Waals surface area contributed by atoms with E-state index in [1.165, 1.54) is 10.8 Å². The number of rotatable bonds is 11. The number of hydrogen-bond acceptors (Lipinski definition) is 4. The summed E-state index contributed by atoms with van der Waals surface area (Å²) in [6, 6.07) is 60.6. The van der Waals surface area contributed by atoms with Gasteiger partial charge in [0.15, 0.2) is 0 Å². The van der Waals surface area contributed by atoms with Gasteiger partial charge in [-0.2, -0.15) is 0 Å². The summed E-state index contributed by atoms with van der Waals surface area (Å²) in [5, 5.41) is 2.37. The molecule has 254 valence electrons. The van der Waals surface area contributed by atoms with Crippen LogP contribution in [0.1, 0.15) is 33.4 Å². The zero-order valence-corrected chi connectivity index (χ0v) is 29.3. The molecule has 0 aliphatic rings. The van der Waals surface area contributed by atoms with Gasteiger partial charge in [-0.15, -0.1) is 0 Å². The van der Waals surface area contributed by atoms with Crippen LogP contribution < -0.4 is 0 Å². The van der Waals surface area contributed by atoms with Gasteiger partial charge in [-0.25, -0.2) is 0 Å². The molecule has 0 fully saturated rings. The average Bonchev–Trinajstić information content (AvgIpc) is 3.55. The van der Waals surface area contributed by atoms with E-state index >= 15 is 0 Å². The SMILES string of the molecule is C=Nc1ccccc1C(=NCc1ccc2c3ccc(CN=C(c4ccccc4)c4ccccc4N=C)cc3n(-c3ccccc3)c2c1)c1ccccc1. The molecule has 5 nitrogen and oxygen atoms in total. The van der Waals surface area contributed by atoms with Gasteiger partial charge in [0, 0.05) is 38.7 Å². The van der Waals surface area contributed by atoms with E-state index in [1.54, 1.807) is 0 Å². The lowest BCUT2D eigenvalue weighted by molar-refractivity contribution is 1.06. The highest BCUT2D eigenvalue weighted by atomic mass is 15.0. The lowest BCUT2D eigenvalue weighted by Gasteiger charge is -2.12. The van der Waals surface area contributed by atoms with Crippen molar-refractivity contribution in [1.29, 1.82) is 0 Å². The third kappa shape index (κ3) is 6.76. The van der Waals surface area contributed by atoms with Crippen LogP contribution in [0.2, 0.25) is 0 Å². The summed E-state index contributed by atoms with van der Waals surface area (Å²) in [5.74, 6) is 0. The maximum absolute atomic E-state index is 5.22. The maximum Gasteiger partial charge on any atom is 0.0744 e. The van der Waals surface area contributed by atoms with Crippen molar-refractivity contribution in [3.05, 3.63) is 209 Å². The van der Waals surface area contributed by atoms with Crippen LogP contribution in [0.3, 0.4) is 0 Å². The van der Waals surface area contributed by atoms with E-state index in [9.17, 15) is 0 Å². The molecule has 1 heterocycles. The van der Waals surface area contributed by atoms with E-state index in [1.807, 2.05) is 72.8 Å². The summed E-state index contributed by atoms with van der Waals surface area (Å²) in [7, 11) is 0. The van der Waals surface area contributed by atoms with Crippen LogP contribution in [0.5, 0.6) is 0 Å². The molecule has 53 heavy (non-hydrogen) atoms. The van der Waals surface area contributed by atoms with Crippen molar-refractivity contribution in [3.63, 3.8) is 0 Å². The van der Waals surface area contributed by atoms with E-state index in [0.717, 1.165) is 72.9 Å². The minimum absolute atomic E-state index is 0.505.